The second-order valence-corrected chi connectivity index (χ2v) is 7.49. The molecule has 0 aromatic heterocycles. The zero-order valence-corrected chi connectivity index (χ0v) is 15.8. The van der Waals surface area contributed by atoms with Gasteiger partial charge in [-0.25, -0.2) is 0 Å². The van der Waals surface area contributed by atoms with E-state index in [1.54, 1.807) is 6.08 Å². The van der Waals surface area contributed by atoms with Crippen LogP contribution in [0.1, 0.15) is 31.1 Å². The Kier molecular flexibility index (Phi) is 5.15. The van der Waals surface area contributed by atoms with Crippen LogP contribution in [0.25, 0.3) is 0 Å². The Morgan fingerprint density at radius 2 is 1.63 bits per heavy atom. The SMILES string of the molecule is C=C[C@H]1O[C@H]([C@H](OCc2ccccc2)c2ccccc2)[C@H]2OC(C)(C)O[C@H]21. The van der Waals surface area contributed by atoms with Crippen molar-refractivity contribution in [1.82, 2.24) is 0 Å². The molecular formula is C23H26O4. The molecule has 2 aliphatic rings. The van der Waals surface area contributed by atoms with E-state index in [0.29, 0.717) is 6.61 Å². The highest BCUT2D eigenvalue weighted by Crippen LogP contribution is 2.44. The molecule has 4 heteroatoms. The maximum atomic E-state index is 6.37. The van der Waals surface area contributed by atoms with Crippen molar-refractivity contribution in [3.8, 4) is 0 Å². The normalized spacial score (nSPS) is 30.0. The molecule has 4 nitrogen and oxygen atoms in total. The van der Waals surface area contributed by atoms with Crippen LogP contribution in [-0.2, 0) is 25.6 Å². The average molecular weight is 366 g/mol. The van der Waals surface area contributed by atoms with Gasteiger partial charge in [-0.05, 0) is 25.0 Å². The summed E-state index contributed by atoms with van der Waals surface area (Å²) in [6, 6.07) is 20.3. The standard InChI is InChI=1S/C23H26O4/c1-4-18-20-22(27-23(2,3)26-20)21(25-18)19(17-13-9-6-10-14-17)24-15-16-11-7-5-8-12-16/h4-14,18-22H,1,15H2,2-3H3/t18-,19-,20+,21-,22+/m1/s1. The first kappa shape index (κ1) is 18.4. The Balaban J connectivity index is 1.61. The van der Waals surface area contributed by atoms with Gasteiger partial charge in [0.1, 0.15) is 30.5 Å². The lowest BCUT2D eigenvalue weighted by molar-refractivity contribution is -0.197. The zero-order valence-electron chi connectivity index (χ0n) is 15.8. The molecule has 2 saturated heterocycles. The van der Waals surface area contributed by atoms with Crippen molar-refractivity contribution in [2.45, 2.75) is 56.8 Å². The van der Waals surface area contributed by atoms with Gasteiger partial charge in [-0.2, -0.15) is 0 Å². The second kappa shape index (κ2) is 7.56. The third-order valence-electron chi connectivity index (χ3n) is 5.06. The number of rotatable bonds is 6. The molecule has 2 aliphatic heterocycles. The highest BCUT2D eigenvalue weighted by molar-refractivity contribution is 5.22. The van der Waals surface area contributed by atoms with Crippen molar-refractivity contribution >= 4 is 0 Å². The maximum absolute atomic E-state index is 6.37. The van der Waals surface area contributed by atoms with Gasteiger partial charge in [0.15, 0.2) is 5.79 Å². The molecule has 0 amide bonds. The van der Waals surface area contributed by atoms with E-state index in [-0.39, 0.29) is 30.5 Å². The molecule has 0 bridgehead atoms. The fourth-order valence-electron chi connectivity index (χ4n) is 3.88. The summed E-state index contributed by atoms with van der Waals surface area (Å²) in [5.41, 5.74) is 2.19. The molecule has 0 radical (unpaired) electrons. The van der Waals surface area contributed by atoms with E-state index in [1.165, 1.54) is 0 Å². The Morgan fingerprint density at radius 3 is 2.30 bits per heavy atom. The third kappa shape index (κ3) is 3.85. The van der Waals surface area contributed by atoms with Crippen molar-refractivity contribution < 1.29 is 18.9 Å². The molecule has 27 heavy (non-hydrogen) atoms. The molecule has 5 atom stereocenters. The largest absolute Gasteiger partial charge is 0.366 e. The van der Waals surface area contributed by atoms with E-state index in [4.69, 9.17) is 18.9 Å². The summed E-state index contributed by atoms with van der Waals surface area (Å²) in [6.07, 6.45) is 0.667. The third-order valence-corrected chi connectivity index (χ3v) is 5.06. The first-order valence-corrected chi connectivity index (χ1v) is 9.41. The molecule has 2 aromatic rings. The first-order valence-electron chi connectivity index (χ1n) is 9.41. The van der Waals surface area contributed by atoms with Crippen LogP contribution in [0.3, 0.4) is 0 Å². The molecule has 2 aromatic carbocycles. The molecule has 0 unspecified atom stereocenters. The highest BCUT2D eigenvalue weighted by atomic mass is 16.8. The van der Waals surface area contributed by atoms with Crippen LogP contribution in [0.15, 0.2) is 73.3 Å². The monoisotopic (exact) mass is 366 g/mol. The van der Waals surface area contributed by atoms with Gasteiger partial charge < -0.3 is 18.9 Å². The predicted octanol–water partition coefficient (Wildman–Crippen LogP) is 4.42. The lowest BCUT2D eigenvalue weighted by Crippen LogP contribution is -2.35. The summed E-state index contributed by atoms with van der Waals surface area (Å²) in [5.74, 6) is -0.640. The first-order chi connectivity index (χ1) is 13.1. The molecule has 0 saturated carbocycles. The Labute approximate surface area is 160 Å². The summed E-state index contributed by atoms with van der Waals surface area (Å²) >= 11 is 0. The van der Waals surface area contributed by atoms with E-state index < -0.39 is 5.79 Å². The smallest absolute Gasteiger partial charge is 0.164 e. The van der Waals surface area contributed by atoms with E-state index in [2.05, 4.69) is 30.8 Å². The van der Waals surface area contributed by atoms with Gasteiger partial charge >= 0.3 is 0 Å². The molecule has 0 N–H and O–H groups in total. The zero-order chi connectivity index (χ0) is 18.9. The van der Waals surface area contributed by atoms with E-state index in [0.717, 1.165) is 11.1 Å². The number of fused-ring (bicyclic) bond motifs is 1. The van der Waals surface area contributed by atoms with Gasteiger partial charge in [-0.3, -0.25) is 0 Å². The molecule has 2 fully saturated rings. The average Bonchev–Trinajstić information content (AvgIpc) is 3.17. The molecule has 0 spiro atoms. The number of ether oxygens (including phenoxy) is 4. The summed E-state index contributed by atoms with van der Waals surface area (Å²) < 4.78 is 24.9. The van der Waals surface area contributed by atoms with Crippen LogP contribution in [0.5, 0.6) is 0 Å². The predicted molar refractivity (Wildman–Crippen MR) is 103 cm³/mol. The number of benzene rings is 2. The summed E-state index contributed by atoms with van der Waals surface area (Å²) in [6.45, 7) is 8.28. The Hall–Kier alpha value is -1.98. The highest BCUT2D eigenvalue weighted by Gasteiger charge is 2.56. The lowest BCUT2D eigenvalue weighted by atomic mass is 9.98. The fraction of sp³-hybridized carbons (Fsp3) is 0.391. The summed E-state index contributed by atoms with van der Waals surface area (Å²) in [7, 11) is 0. The van der Waals surface area contributed by atoms with Crippen molar-refractivity contribution in [1.29, 1.82) is 0 Å². The van der Waals surface area contributed by atoms with Crippen molar-refractivity contribution in [3.05, 3.63) is 84.4 Å². The maximum Gasteiger partial charge on any atom is 0.164 e. The van der Waals surface area contributed by atoms with Crippen LogP contribution < -0.4 is 0 Å². The number of hydrogen-bond acceptors (Lipinski definition) is 4. The van der Waals surface area contributed by atoms with Crippen molar-refractivity contribution in [3.63, 3.8) is 0 Å². The minimum Gasteiger partial charge on any atom is -0.366 e. The van der Waals surface area contributed by atoms with Gasteiger partial charge in [0, 0.05) is 0 Å². The van der Waals surface area contributed by atoms with E-state index >= 15 is 0 Å². The molecule has 142 valence electrons. The van der Waals surface area contributed by atoms with Crippen molar-refractivity contribution in [2.75, 3.05) is 0 Å². The minimum atomic E-state index is -0.640. The second-order valence-electron chi connectivity index (χ2n) is 7.49. The lowest BCUT2D eigenvalue weighted by Gasteiger charge is -2.29. The quantitative estimate of drug-likeness (QED) is 0.709. The number of hydrogen-bond donors (Lipinski definition) is 0. The van der Waals surface area contributed by atoms with Crippen LogP contribution in [0.2, 0.25) is 0 Å². The molecular weight excluding hydrogens is 340 g/mol. The van der Waals surface area contributed by atoms with Gasteiger partial charge in [-0.15, -0.1) is 6.58 Å². The molecule has 2 heterocycles. The van der Waals surface area contributed by atoms with Crippen LogP contribution in [-0.4, -0.2) is 30.2 Å². The fourth-order valence-corrected chi connectivity index (χ4v) is 3.88. The van der Waals surface area contributed by atoms with Gasteiger partial charge in [0.05, 0.1) is 6.61 Å². The van der Waals surface area contributed by atoms with Gasteiger partial charge in [-0.1, -0.05) is 66.7 Å². The topological polar surface area (TPSA) is 36.9 Å². The summed E-state index contributed by atoms with van der Waals surface area (Å²) in [5, 5.41) is 0. The van der Waals surface area contributed by atoms with Crippen LogP contribution in [0, 0.1) is 0 Å². The van der Waals surface area contributed by atoms with Crippen LogP contribution >= 0.6 is 0 Å². The van der Waals surface area contributed by atoms with E-state index in [9.17, 15) is 0 Å². The van der Waals surface area contributed by atoms with Crippen LogP contribution in [0.4, 0.5) is 0 Å². The van der Waals surface area contributed by atoms with Gasteiger partial charge in [0.2, 0.25) is 0 Å². The summed E-state index contributed by atoms with van der Waals surface area (Å²) in [4.78, 5) is 0. The van der Waals surface area contributed by atoms with E-state index in [1.807, 2.05) is 50.2 Å². The minimum absolute atomic E-state index is 0.172. The molecule has 0 aliphatic carbocycles. The van der Waals surface area contributed by atoms with Gasteiger partial charge in [0.25, 0.3) is 0 Å². The Morgan fingerprint density at radius 1 is 1.00 bits per heavy atom. The Bertz CT molecular complexity index is 758. The molecule has 4 rings (SSSR count). The van der Waals surface area contributed by atoms with Crippen molar-refractivity contribution in [2.24, 2.45) is 0 Å².